The van der Waals surface area contributed by atoms with Gasteiger partial charge in [-0.1, -0.05) is 26.8 Å². The van der Waals surface area contributed by atoms with Crippen molar-refractivity contribution in [1.82, 2.24) is 10.2 Å². The SMILES string of the molecule is C=CCC(C)N1C(=O)C(C(C)(C)C)NC(=O)C1C. The summed E-state index contributed by atoms with van der Waals surface area (Å²) in [4.78, 5) is 26.2. The van der Waals surface area contributed by atoms with Crippen molar-refractivity contribution in [3.05, 3.63) is 12.7 Å². The Bertz CT molecular complexity index is 357. The van der Waals surface area contributed by atoms with Gasteiger partial charge in [0, 0.05) is 6.04 Å². The fourth-order valence-electron chi connectivity index (χ4n) is 2.33. The van der Waals surface area contributed by atoms with E-state index in [1.165, 1.54) is 0 Å². The third-order valence-electron chi connectivity index (χ3n) is 3.43. The minimum atomic E-state index is -0.450. The van der Waals surface area contributed by atoms with Crippen LogP contribution >= 0.6 is 0 Å². The number of carbonyl (C=O) groups is 2. The number of amides is 2. The van der Waals surface area contributed by atoms with Crippen LogP contribution in [0.3, 0.4) is 0 Å². The normalized spacial score (nSPS) is 26.8. The van der Waals surface area contributed by atoms with Gasteiger partial charge < -0.3 is 10.2 Å². The molecule has 0 radical (unpaired) electrons. The second-order valence-corrected chi connectivity index (χ2v) is 6.10. The average Bonchev–Trinajstić information content (AvgIpc) is 2.22. The van der Waals surface area contributed by atoms with E-state index in [1.54, 1.807) is 17.9 Å². The molecule has 1 N–H and O–H groups in total. The first-order valence-corrected chi connectivity index (χ1v) is 6.43. The van der Waals surface area contributed by atoms with Crippen LogP contribution in [0.25, 0.3) is 0 Å². The average molecular weight is 252 g/mol. The topological polar surface area (TPSA) is 49.4 Å². The van der Waals surface area contributed by atoms with E-state index in [1.807, 2.05) is 27.7 Å². The van der Waals surface area contributed by atoms with Crippen molar-refractivity contribution in [2.75, 3.05) is 0 Å². The zero-order chi connectivity index (χ0) is 14.1. The van der Waals surface area contributed by atoms with Crippen molar-refractivity contribution >= 4 is 11.8 Å². The van der Waals surface area contributed by atoms with Gasteiger partial charge in [-0.25, -0.2) is 0 Å². The molecule has 18 heavy (non-hydrogen) atoms. The molecule has 4 heteroatoms. The van der Waals surface area contributed by atoms with Crippen molar-refractivity contribution in [2.45, 2.75) is 59.2 Å². The second-order valence-electron chi connectivity index (χ2n) is 6.10. The van der Waals surface area contributed by atoms with Gasteiger partial charge in [-0.3, -0.25) is 9.59 Å². The van der Waals surface area contributed by atoms with Gasteiger partial charge in [0.05, 0.1) is 0 Å². The van der Waals surface area contributed by atoms with E-state index >= 15 is 0 Å². The summed E-state index contributed by atoms with van der Waals surface area (Å²) in [6.45, 7) is 13.3. The molecule has 0 aromatic heterocycles. The minimum Gasteiger partial charge on any atom is -0.342 e. The van der Waals surface area contributed by atoms with E-state index in [9.17, 15) is 9.59 Å². The van der Waals surface area contributed by atoms with Gasteiger partial charge in [-0.15, -0.1) is 6.58 Å². The molecule has 0 aromatic carbocycles. The smallest absolute Gasteiger partial charge is 0.246 e. The molecule has 4 nitrogen and oxygen atoms in total. The summed E-state index contributed by atoms with van der Waals surface area (Å²) in [7, 11) is 0. The number of hydrogen-bond acceptors (Lipinski definition) is 2. The molecule has 0 bridgehead atoms. The van der Waals surface area contributed by atoms with Gasteiger partial charge in [0.2, 0.25) is 11.8 Å². The lowest BCUT2D eigenvalue weighted by molar-refractivity contribution is -0.154. The largest absolute Gasteiger partial charge is 0.342 e. The fourth-order valence-corrected chi connectivity index (χ4v) is 2.33. The van der Waals surface area contributed by atoms with E-state index in [0.29, 0.717) is 6.42 Å². The number of hydrogen-bond donors (Lipinski definition) is 1. The Labute approximate surface area is 109 Å². The van der Waals surface area contributed by atoms with E-state index < -0.39 is 12.1 Å². The standard InChI is InChI=1S/C14H24N2O2/c1-7-8-9(2)16-10(3)12(17)15-11(13(16)18)14(4,5)6/h7,9-11H,1,8H2,2-6H3,(H,15,17). The van der Waals surface area contributed by atoms with E-state index in [4.69, 9.17) is 0 Å². The molecule has 1 fully saturated rings. The molecule has 102 valence electrons. The Morgan fingerprint density at radius 1 is 1.44 bits per heavy atom. The van der Waals surface area contributed by atoms with Gasteiger partial charge in [0.1, 0.15) is 12.1 Å². The molecule has 1 heterocycles. The highest BCUT2D eigenvalue weighted by molar-refractivity contribution is 5.97. The van der Waals surface area contributed by atoms with Crippen molar-refractivity contribution in [2.24, 2.45) is 5.41 Å². The van der Waals surface area contributed by atoms with E-state index in [0.717, 1.165) is 0 Å². The Balaban J connectivity index is 3.03. The predicted octanol–water partition coefficient (Wildman–Crippen LogP) is 1.71. The molecular formula is C14H24N2O2. The molecule has 0 aliphatic carbocycles. The maximum absolute atomic E-state index is 12.5. The zero-order valence-electron chi connectivity index (χ0n) is 12.0. The number of carbonyl (C=O) groups excluding carboxylic acids is 2. The summed E-state index contributed by atoms with van der Waals surface area (Å²) in [6, 6.07) is -0.861. The van der Waals surface area contributed by atoms with Gasteiger partial charge in [0.25, 0.3) is 0 Å². The maximum atomic E-state index is 12.5. The Kier molecular flexibility index (Phi) is 4.20. The van der Waals surface area contributed by atoms with Crippen LogP contribution in [0.5, 0.6) is 0 Å². The van der Waals surface area contributed by atoms with Crippen LogP contribution in [0.1, 0.15) is 41.0 Å². The number of nitrogens with one attached hydrogen (secondary N) is 1. The molecular weight excluding hydrogens is 228 g/mol. The van der Waals surface area contributed by atoms with Crippen LogP contribution in [-0.2, 0) is 9.59 Å². The maximum Gasteiger partial charge on any atom is 0.246 e. The minimum absolute atomic E-state index is 0.000833. The number of nitrogens with zero attached hydrogens (tertiary/aromatic N) is 1. The second kappa shape index (κ2) is 5.12. The molecule has 2 amide bonds. The Morgan fingerprint density at radius 3 is 2.44 bits per heavy atom. The summed E-state index contributed by atoms with van der Waals surface area (Å²) in [6.07, 6.45) is 2.48. The lowest BCUT2D eigenvalue weighted by Gasteiger charge is -2.44. The first-order valence-electron chi connectivity index (χ1n) is 6.43. The third kappa shape index (κ3) is 2.74. The van der Waals surface area contributed by atoms with E-state index in [-0.39, 0.29) is 23.3 Å². The summed E-state index contributed by atoms with van der Waals surface area (Å²) < 4.78 is 0. The van der Waals surface area contributed by atoms with Gasteiger partial charge in [-0.05, 0) is 25.7 Å². The predicted molar refractivity (Wildman–Crippen MR) is 72.0 cm³/mol. The number of piperazine rings is 1. The van der Waals surface area contributed by atoms with E-state index in [2.05, 4.69) is 11.9 Å². The van der Waals surface area contributed by atoms with Crippen LogP contribution in [-0.4, -0.2) is 34.8 Å². The highest BCUT2D eigenvalue weighted by Crippen LogP contribution is 2.26. The zero-order valence-corrected chi connectivity index (χ0v) is 12.0. The first kappa shape index (κ1) is 14.7. The molecule has 0 aromatic rings. The molecule has 1 rings (SSSR count). The van der Waals surface area contributed by atoms with Crippen LogP contribution in [0.4, 0.5) is 0 Å². The summed E-state index contributed by atoms with van der Waals surface area (Å²) in [5.74, 6) is -0.0746. The molecule has 1 aliphatic rings. The van der Waals surface area contributed by atoms with Crippen molar-refractivity contribution in [3.8, 4) is 0 Å². The van der Waals surface area contributed by atoms with Crippen molar-refractivity contribution < 1.29 is 9.59 Å². The summed E-state index contributed by atoms with van der Waals surface area (Å²) in [5.41, 5.74) is -0.279. The van der Waals surface area contributed by atoms with Crippen molar-refractivity contribution in [1.29, 1.82) is 0 Å². The Morgan fingerprint density at radius 2 is 2.00 bits per heavy atom. The van der Waals surface area contributed by atoms with Crippen LogP contribution in [0.15, 0.2) is 12.7 Å². The van der Waals surface area contributed by atoms with Crippen LogP contribution < -0.4 is 5.32 Å². The lowest BCUT2D eigenvalue weighted by Crippen LogP contribution is -2.67. The first-order chi connectivity index (χ1) is 8.20. The molecule has 1 aliphatic heterocycles. The fraction of sp³-hybridized carbons (Fsp3) is 0.714. The Hall–Kier alpha value is -1.32. The molecule has 3 atom stereocenters. The summed E-state index contributed by atoms with van der Waals surface area (Å²) >= 11 is 0. The molecule has 0 spiro atoms. The highest BCUT2D eigenvalue weighted by Gasteiger charge is 2.44. The lowest BCUT2D eigenvalue weighted by atomic mass is 9.83. The molecule has 3 unspecified atom stereocenters. The summed E-state index contributed by atoms with van der Waals surface area (Å²) in [5, 5.41) is 2.83. The van der Waals surface area contributed by atoms with Gasteiger partial charge in [0.15, 0.2) is 0 Å². The van der Waals surface area contributed by atoms with Crippen LogP contribution in [0.2, 0.25) is 0 Å². The molecule has 0 saturated carbocycles. The van der Waals surface area contributed by atoms with Gasteiger partial charge in [-0.2, -0.15) is 0 Å². The van der Waals surface area contributed by atoms with Crippen molar-refractivity contribution in [3.63, 3.8) is 0 Å². The highest BCUT2D eigenvalue weighted by atomic mass is 16.2. The van der Waals surface area contributed by atoms with Crippen LogP contribution in [0, 0.1) is 5.41 Å². The monoisotopic (exact) mass is 252 g/mol. The quantitative estimate of drug-likeness (QED) is 0.777. The number of rotatable bonds is 3. The third-order valence-corrected chi connectivity index (χ3v) is 3.43. The van der Waals surface area contributed by atoms with Gasteiger partial charge >= 0.3 is 0 Å². The molecule has 1 saturated heterocycles.